The minimum absolute atomic E-state index is 0.0112. The summed E-state index contributed by atoms with van der Waals surface area (Å²) in [7, 11) is 0. The molecule has 0 bridgehead atoms. The van der Waals surface area contributed by atoms with Crippen molar-refractivity contribution in [1.29, 1.82) is 0 Å². The van der Waals surface area contributed by atoms with E-state index in [1.165, 1.54) is 0 Å². The number of amides is 2. The van der Waals surface area contributed by atoms with Gasteiger partial charge in [0.1, 0.15) is 6.61 Å². The number of ether oxygens (including phenoxy) is 1. The fourth-order valence-electron chi connectivity index (χ4n) is 3.20. The number of rotatable bonds is 16. The summed E-state index contributed by atoms with van der Waals surface area (Å²) in [6, 6.07) is 9.38. The summed E-state index contributed by atoms with van der Waals surface area (Å²) in [5.74, 6) is -1.78. The van der Waals surface area contributed by atoms with Crippen LogP contribution in [0.25, 0.3) is 0 Å². The van der Waals surface area contributed by atoms with Crippen LogP contribution in [-0.4, -0.2) is 48.7 Å². The van der Waals surface area contributed by atoms with E-state index in [1.807, 2.05) is 30.3 Å². The molecule has 0 heterocycles. The van der Waals surface area contributed by atoms with Gasteiger partial charge in [-0.25, -0.2) is 0 Å². The van der Waals surface area contributed by atoms with Gasteiger partial charge in [0.25, 0.3) is 0 Å². The Hall–Kier alpha value is -2.93. The van der Waals surface area contributed by atoms with E-state index in [9.17, 15) is 14.4 Å². The van der Waals surface area contributed by atoms with Crippen molar-refractivity contribution in [1.82, 2.24) is 10.6 Å². The Morgan fingerprint density at radius 3 is 2.47 bits per heavy atom. The number of aliphatic hydroxyl groups excluding tert-OH is 1. The molecular formula is C25H36N2O5. The van der Waals surface area contributed by atoms with Crippen molar-refractivity contribution in [3.63, 3.8) is 0 Å². The zero-order valence-electron chi connectivity index (χ0n) is 18.9. The minimum Gasteiger partial charge on any atom is -0.464 e. The summed E-state index contributed by atoms with van der Waals surface area (Å²) in [6.07, 6.45) is 5.64. The third-order valence-corrected chi connectivity index (χ3v) is 4.96. The van der Waals surface area contributed by atoms with E-state index in [1.54, 1.807) is 19.1 Å². The van der Waals surface area contributed by atoms with Crippen LogP contribution in [0.15, 0.2) is 55.6 Å². The van der Waals surface area contributed by atoms with Crippen molar-refractivity contribution < 1.29 is 24.2 Å². The van der Waals surface area contributed by atoms with Crippen molar-refractivity contribution in [2.45, 2.75) is 45.1 Å². The number of hydrogen-bond acceptors (Lipinski definition) is 5. The zero-order chi connectivity index (χ0) is 23.8. The highest BCUT2D eigenvalue weighted by molar-refractivity contribution is 5.86. The number of carbonyl (C=O) groups excluding carboxylic acids is 3. The second-order valence-corrected chi connectivity index (χ2v) is 7.79. The maximum atomic E-state index is 12.6. The Morgan fingerprint density at radius 2 is 1.84 bits per heavy atom. The minimum atomic E-state index is -0.576. The SMILES string of the molecule is C=CCC[C@H](Cc1ccccc1)C(=O)OCCNC(=O)[C@H](CC=C)CC(=O)N[C@H](C)CO. The first-order valence-electron chi connectivity index (χ1n) is 11.0. The van der Waals surface area contributed by atoms with Crippen LogP contribution in [0, 0.1) is 11.8 Å². The van der Waals surface area contributed by atoms with Gasteiger partial charge < -0.3 is 20.5 Å². The second-order valence-electron chi connectivity index (χ2n) is 7.79. The fourth-order valence-corrected chi connectivity index (χ4v) is 3.20. The number of esters is 1. The van der Waals surface area contributed by atoms with Gasteiger partial charge in [0, 0.05) is 12.5 Å². The lowest BCUT2D eigenvalue weighted by atomic mass is 9.95. The Bertz CT molecular complexity index is 735. The topological polar surface area (TPSA) is 105 Å². The van der Waals surface area contributed by atoms with Crippen molar-refractivity contribution in [3.05, 3.63) is 61.2 Å². The van der Waals surface area contributed by atoms with E-state index in [0.29, 0.717) is 25.7 Å². The van der Waals surface area contributed by atoms with Crippen molar-refractivity contribution in [2.24, 2.45) is 11.8 Å². The van der Waals surface area contributed by atoms with Gasteiger partial charge in [-0.05, 0) is 38.2 Å². The average molecular weight is 445 g/mol. The van der Waals surface area contributed by atoms with Crippen LogP contribution in [0.4, 0.5) is 0 Å². The van der Waals surface area contributed by atoms with Crippen molar-refractivity contribution in [2.75, 3.05) is 19.8 Å². The molecule has 0 radical (unpaired) electrons. The molecule has 2 amide bonds. The van der Waals surface area contributed by atoms with E-state index < -0.39 is 5.92 Å². The van der Waals surface area contributed by atoms with Crippen LogP contribution in [0.2, 0.25) is 0 Å². The highest BCUT2D eigenvalue weighted by atomic mass is 16.5. The zero-order valence-corrected chi connectivity index (χ0v) is 18.9. The Labute approximate surface area is 190 Å². The first-order valence-corrected chi connectivity index (χ1v) is 11.0. The van der Waals surface area contributed by atoms with Gasteiger partial charge in [-0.15, -0.1) is 13.2 Å². The molecule has 0 aliphatic rings. The number of carbonyl (C=O) groups is 3. The molecule has 7 nitrogen and oxygen atoms in total. The highest BCUT2D eigenvalue weighted by Gasteiger charge is 2.22. The van der Waals surface area contributed by atoms with E-state index in [2.05, 4.69) is 23.8 Å². The maximum Gasteiger partial charge on any atom is 0.309 e. The molecule has 176 valence electrons. The number of aliphatic hydroxyl groups is 1. The van der Waals surface area contributed by atoms with Gasteiger partial charge in [0.2, 0.25) is 11.8 Å². The molecule has 0 aromatic heterocycles. The van der Waals surface area contributed by atoms with Gasteiger partial charge in [-0.1, -0.05) is 42.5 Å². The summed E-state index contributed by atoms with van der Waals surface area (Å²) < 4.78 is 5.40. The fraction of sp³-hybridized carbons (Fsp3) is 0.480. The number of nitrogens with one attached hydrogen (secondary N) is 2. The summed E-state index contributed by atoms with van der Waals surface area (Å²) in [5, 5.41) is 14.4. The molecule has 7 heteroatoms. The number of allylic oxidation sites excluding steroid dienone is 2. The monoisotopic (exact) mass is 444 g/mol. The smallest absolute Gasteiger partial charge is 0.309 e. The van der Waals surface area contributed by atoms with Gasteiger partial charge in [-0.3, -0.25) is 14.4 Å². The van der Waals surface area contributed by atoms with Crippen molar-refractivity contribution in [3.8, 4) is 0 Å². The van der Waals surface area contributed by atoms with Gasteiger partial charge in [0.05, 0.1) is 25.0 Å². The lowest BCUT2D eigenvalue weighted by Crippen LogP contribution is -2.39. The Morgan fingerprint density at radius 1 is 1.12 bits per heavy atom. The van der Waals surface area contributed by atoms with Gasteiger partial charge in [-0.2, -0.15) is 0 Å². The van der Waals surface area contributed by atoms with Crippen LogP contribution in [-0.2, 0) is 25.5 Å². The Balaban J connectivity index is 2.50. The van der Waals surface area contributed by atoms with E-state index in [-0.39, 0.29) is 55.9 Å². The Kier molecular flexibility index (Phi) is 13.4. The highest BCUT2D eigenvalue weighted by Crippen LogP contribution is 2.16. The van der Waals surface area contributed by atoms with Crippen LogP contribution in [0.5, 0.6) is 0 Å². The summed E-state index contributed by atoms with van der Waals surface area (Å²) in [5.41, 5.74) is 1.06. The van der Waals surface area contributed by atoms with Crippen molar-refractivity contribution >= 4 is 17.8 Å². The first kappa shape index (κ1) is 27.1. The maximum absolute atomic E-state index is 12.6. The largest absolute Gasteiger partial charge is 0.464 e. The van der Waals surface area contributed by atoms with Gasteiger partial charge in [0.15, 0.2) is 0 Å². The predicted octanol–water partition coefficient (Wildman–Crippen LogP) is 2.55. The number of hydrogen-bond donors (Lipinski definition) is 3. The number of benzene rings is 1. The lowest BCUT2D eigenvalue weighted by Gasteiger charge is -2.18. The molecule has 1 aromatic rings. The molecule has 3 N–H and O–H groups in total. The first-order chi connectivity index (χ1) is 15.4. The van der Waals surface area contributed by atoms with E-state index >= 15 is 0 Å². The van der Waals surface area contributed by atoms with Crippen LogP contribution in [0.1, 0.15) is 38.2 Å². The van der Waals surface area contributed by atoms with Crippen LogP contribution >= 0.6 is 0 Å². The van der Waals surface area contributed by atoms with E-state index in [4.69, 9.17) is 9.84 Å². The summed E-state index contributed by atoms with van der Waals surface area (Å²) in [4.78, 5) is 37.0. The summed E-state index contributed by atoms with van der Waals surface area (Å²) >= 11 is 0. The molecule has 3 atom stereocenters. The molecule has 1 rings (SSSR count). The standard InChI is InChI=1S/C25H36N2O5/c1-4-6-13-22(16-20-11-8-7-9-12-20)25(31)32-15-14-26-24(30)21(10-5-2)17-23(29)27-19(3)18-28/h4-5,7-9,11-12,19,21-22,28H,1-2,6,10,13-18H2,3H3,(H,26,30)(H,27,29)/t19-,21-,22-/m1/s1. The molecule has 0 unspecified atom stereocenters. The van der Waals surface area contributed by atoms with Crippen LogP contribution < -0.4 is 10.6 Å². The quantitative estimate of drug-likeness (QED) is 0.206. The lowest BCUT2D eigenvalue weighted by molar-refractivity contribution is -0.149. The average Bonchev–Trinajstić information content (AvgIpc) is 2.79. The third kappa shape index (κ3) is 10.9. The normalized spacial score (nSPS) is 13.3. The molecule has 1 aromatic carbocycles. The molecule has 0 spiro atoms. The molecule has 0 aliphatic carbocycles. The molecule has 0 saturated heterocycles. The summed E-state index contributed by atoms with van der Waals surface area (Å²) in [6.45, 7) is 9.07. The third-order valence-electron chi connectivity index (χ3n) is 4.96. The predicted molar refractivity (Wildman–Crippen MR) is 125 cm³/mol. The van der Waals surface area contributed by atoms with Gasteiger partial charge >= 0.3 is 5.97 Å². The molecule has 0 fully saturated rings. The van der Waals surface area contributed by atoms with Crippen LogP contribution in [0.3, 0.4) is 0 Å². The second kappa shape index (κ2) is 15.8. The molecule has 0 aliphatic heterocycles. The molecule has 32 heavy (non-hydrogen) atoms. The molecular weight excluding hydrogens is 408 g/mol. The van der Waals surface area contributed by atoms with E-state index in [0.717, 1.165) is 5.56 Å². The molecule has 0 saturated carbocycles.